The molecule has 1 amide bonds. The molecule has 2 aromatic carbocycles. The first-order valence-corrected chi connectivity index (χ1v) is 11.9. The number of amides is 1. The third-order valence-corrected chi connectivity index (χ3v) is 6.18. The number of aryl methyl sites for hydroxylation is 1. The van der Waals surface area contributed by atoms with Gasteiger partial charge < -0.3 is 19.6 Å². The number of ketones is 1. The molecule has 3 aromatic heterocycles. The number of hydrogen-bond donors (Lipinski definition) is 2. The Kier molecular flexibility index (Phi) is 6.76. The molecule has 0 saturated heterocycles. The number of carbonyl (C=O) groups is 2. The van der Waals surface area contributed by atoms with Crippen LogP contribution in [0.3, 0.4) is 0 Å². The summed E-state index contributed by atoms with van der Waals surface area (Å²) in [4.78, 5) is 25.7. The lowest BCUT2D eigenvalue weighted by atomic mass is 10.0. The van der Waals surface area contributed by atoms with E-state index in [2.05, 4.69) is 10.4 Å². The van der Waals surface area contributed by atoms with Crippen LogP contribution in [0.5, 0.6) is 5.75 Å². The van der Waals surface area contributed by atoms with E-state index >= 15 is 4.39 Å². The van der Waals surface area contributed by atoms with E-state index in [4.69, 9.17) is 4.74 Å². The summed E-state index contributed by atoms with van der Waals surface area (Å²) in [5, 5.41) is 16.4. The molecule has 2 N–H and O–H groups in total. The normalized spacial score (nSPS) is 11.1. The van der Waals surface area contributed by atoms with Crippen molar-refractivity contribution < 1.29 is 23.8 Å². The Morgan fingerprint density at radius 2 is 1.87 bits per heavy atom. The molecule has 0 atom stereocenters. The van der Waals surface area contributed by atoms with Crippen molar-refractivity contribution in [3.63, 3.8) is 0 Å². The van der Waals surface area contributed by atoms with Crippen molar-refractivity contribution in [1.29, 1.82) is 0 Å². The number of pyridine rings is 1. The van der Waals surface area contributed by atoms with Gasteiger partial charge in [-0.3, -0.25) is 14.3 Å². The molecule has 0 saturated carbocycles. The molecule has 0 aliphatic heterocycles. The fourth-order valence-electron chi connectivity index (χ4n) is 4.29. The number of nitrogens with one attached hydrogen (secondary N) is 1. The smallest absolute Gasteiger partial charge is 0.257 e. The van der Waals surface area contributed by atoms with Crippen LogP contribution in [0, 0.1) is 5.82 Å². The highest BCUT2D eigenvalue weighted by Crippen LogP contribution is 2.31. The van der Waals surface area contributed by atoms with Gasteiger partial charge in [-0.1, -0.05) is 30.3 Å². The second kappa shape index (κ2) is 10.3. The van der Waals surface area contributed by atoms with Crippen LogP contribution in [-0.4, -0.2) is 31.0 Å². The Labute approximate surface area is 217 Å². The number of hydrogen-bond acceptors (Lipinski definition) is 5. The van der Waals surface area contributed by atoms with E-state index in [0.29, 0.717) is 34.7 Å². The minimum absolute atomic E-state index is 0.0967. The molecule has 0 spiro atoms. The monoisotopic (exact) mass is 512 g/mol. The molecule has 0 aliphatic carbocycles. The first kappa shape index (κ1) is 24.9. The van der Waals surface area contributed by atoms with Gasteiger partial charge in [0.05, 0.1) is 35.3 Å². The molecule has 5 aromatic rings. The van der Waals surface area contributed by atoms with E-state index in [1.807, 2.05) is 30.3 Å². The Morgan fingerprint density at radius 3 is 2.55 bits per heavy atom. The number of aliphatic hydroxyl groups excluding tert-OH is 1. The molecule has 8 nitrogen and oxygen atoms in total. The van der Waals surface area contributed by atoms with Crippen LogP contribution in [0.25, 0.3) is 16.6 Å². The van der Waals surface area contributed by atoms with Crippen LogP contribution in [0.2, 0.25) is 0 Å². The number of benzene rings is 2. The van der Waals surface area contributed by atoms with Gasteiger partial charge in [-0.05, 0) is 35.4 Å². The molecular weight excluding hydrogens is 487 g/mol. The Bertz CT molecular complexity index is 1660. The van der Waals surface area contributed by atoms with Gasteiger partial charge >= 0.3 is 0 Å². The number of rotatable bonds is 8. The maximum Gasteiger partial charge on any atom is 0.257 e. The average molecular weight is 513 g/mol. The van der Waals surface area contributed by atoms with Crippen molar-refractivity contribution in [3.05, 3.63) is 107 Å². The summed E-state index contributed by atoms with van der Waals surface area (Å²) >= 11 is 0. The second-order valence-corrected chi connectivity index (χ2v) is 8.91. The van der Waals surface area contributed by atoms with Crippen molar-refractivity contribution in [2.45, 2.75) is 20.1 Å². The van der Waals surface area contributed by atoms with Crippen LogP contribution in [0.1, 0.15) is 38.9 Å². The summed E-state index contributed by atoms with van der Waals surface area (Å²) in [7, 11) is 1.71. The highest BCUT2D eigenvalue weighted by Gasteiger charge is 2.21. The largest absolute Gasteiger partial charge is 0.489 e. The highest BCUT2D eigenvalue weighted by molar-refractivity contribution is 6.11. The van der Waals surface area contributed by atoms with Gasteiger partial charge in [-0.2, -0.15) is 5.10 Å². The van der Waals surface area contributed by atoms with Crippen molar-refractivity contribution in [2.24, 2.45) is 7.05 Å². The topological polar surface area (TPSA) is 97.9 Å². The van der Waals surface area contributed by atoms with Crippen LogP contribution in [0.15, 0.2) is 79.3 Å². The predicted molar refractivity (Wildman–Crippen MR) is 141 cm³/mol. The maximum atomic E-state index is 15.5. The summed E-state index contributed by atoms with van der Waals surface area (Å²) in [6.45, 7) is 1.39. The van der Waals surface area contributed by atoms with Gasteiger partial charge in [0, 0.05) is 43.6 Å². The molecule has 0 aliphatic rings. The molecule has 0 bridgehead atoms. The Hall–Kier alpha value is -4.76. The van der Waals surface area contributed by atoms with Gasteiger partial charge in [0.1, 0.15) is 12.4 Å². The van der Waals surface area contributed by atoms with Crippen molar-refractivity contribution in [3.8, 4) is 16.9 Å². The quantitative estimate of drug-likeness (QED) is 0.285. The minimum atomic E-state index is -0.661. The first-order chi connectivity index (χ1) is 18.3. The van der Waals surface area contributed by atoms with Crippen molar-refractivity contribution in [1.82, 2.24) is 14.2 Å². The molecule has 3 heterocycles. The summed E-state index contributed by atoms with van der Waals surface area (Å²) in [5.74, 6) is -0.993. The predicted octanol–water partition coefficient (Wildman–Crippen LogP) is 5.01. The average Bonchev–Trinajstić information content (AvgIpc) is 3.52. The standard InChI is InChI=1S/C29H25FN4O4/c1-18(36)26-13-24(27-12-22(8-9-34(26)27)38-17-19-6-4-3-5-7-19)29(37)32-25-11-20(16-35)10-23(28(25)30)21-14-31-33(2)15-21/h3-15,35H,16-17H2,1-2H3,(H,32,37). The third kappa shape index (κ3) is 4.91. The summed E-state index contributed by atoms with van der Waals surface area (Å²) in [6.07, 6.45) is 4.81. The van der Waals surface area contributed by atoms with E-state index in [9.17, 15) is 14.7 Å². The molecule has 0 unspecified atom stereocenters. The highest BCUT2D eigenvalue weighted by atomic mass is 19.1. The Balaban J connectivity index is 1.50. The Morgan fingerprint density at radius 1 is 1.08 bits per heavy atom. The lowest BCUT2D eigenvalue weighted by Crippen LogP contribution is -2.13. The van der Waals surface area contributed by atoms with Gasteiger partial charge in [0.2, 0.25) is 0 Å². The second-order valence-electron chi connectivity index (χ2n) is 8.91. The number of ether oxygens (including phenoxy) is 1. The van der Waals surface area contributed by atoms with Crippen LogP contribution >= 0.6 is 0 Å². The molecule has 192 valence electrons. The number of anilines is 1. The van der Waals surface area contributed by atoms with E-state index in [-0.39, 0.29) is 29.2 Å². The molecule has 0 radical (unpaired) electrons. The zero-order chi connectivity index (χ0) is 26.8. The van der Waals surface area contributed by atoms with Gasteiger partial charge in [-0.25, -0.2) is 4.39 Å². The number of fused-ring (bicyclic) bond motifs is 1. The van der Waals surface area contributed by atoms with Crippen LogP contribution in [0.4, 0.5) is 10.1 Å². The molecule has 9 heteroatoms. The van der Waals surface area contributed by atoms with E-state index in [0.717, 1.165) is 5.56 Å². The number of halogens is 1. The number of aromatic nitrogens is 3. The van der Waals surface area contributed by atoms with Gasteiger partial charge in [-0.15, -0.1) is 0 Å². The summed E-state index contributed by atoms with van der Waals surface area (Å²) < 4.78 is 24.6. The van der Waals surface area contributed by atoms with E-state index in [1.54, 1.807) is 36.0 Å². The lowest BCUT2D eigenvalue weighted by molar-refractivity contribution is 0.101. The summed E-state index contributed by atoms with van der Waals surface area (Å²) in [6, 6.07) is 17.4. The van der Waals surface area contributed by atoms with Crippen molar-refractivity contribution >= 4 is 22.9 Å². The fourth-order valence-corrected chi connectivity index (χ4v) is 4.29. The molecular formula is C29H25FN4O4. The molecule has 5 rings (SSSR count). The van der Waals surface area contributed by atoms with E-state index < -0.39 is 11.7 Å². The number of aliphatic hydroxyl groups is 1. The molecule has 0 fully saturated rings. The van der Waals surface area contributed by atoms with Gasteiger partial charge in [0.25, 0.3) is 5.91 Å². The van der Waals surface area contributed by atoms with Crippen LogP contribution in [-0.2, 0) is 20.3 Å². The fraction of sp³-hybridized carbons (Fsp3) is 0.138. The maximum absolute atomic E-state index is 15.5. The summed E-state index contributed by atoms with van der Waals surface area (Å²) in [5.41, 5.74) is 2.92. The minimum Gasteiger partial charge on any atom is -0.489 e. The zero-order valence-corrected chi connectivity index (χ0v) is 20.8. The van der Waals surface area contributed by atoms with Crippen molar-refractivity contribution in [2.75, 3.05) is 5.32 Å². The van der Waals surface area contributed by atoms with E-state index in [1.165, 1.54) is 36.0 Å². The third-order valence-electron chi connectivity index (χ3n) is 6.18. The number of Topliss-reactive ketones (excluding diaryl/α,β-unsaturated/α-hetero) is 1. The number of nitrogens with zero attached hydrogens (tertiary/aromatic N) is 3. The number of carbonyl (C=O) groups excluding carboxylic acids is 2. The van der Waals surface area contributed by atoms with Crippen LogP contribution < -0.4 is 10.1 Å². The lowest BCUT2D eigenvalue weighted by Gasteiger charge is -2.12. The SMILES string of the molecule is CC(=O)c1cc(C(=O)Nc2cc(CO)cc(-c3cnn(C)c3)c2F)c2cc(OCc3ccccc3)ccn12. The molecule has 38 heavy (non-hydrogen) atoms. The zero-order valence-electron chi connectivity index (χ0n) is 20.8. The van der Waals surface area contributed by atoms with Gasteiger partial charge in [0.15, 0.2) is 11.6 Å². The first-order valence-electron chi connectivity index (χ1n) is 11.9.